The van der Waals surface area contributed by atoms with E-state index in [2.05, 4.69) is 229 Å². The summed E-state index contributed by atoms with van der Waals surface area (Å²) >= 11 is 3.72. The quantitative estimate of drug-likeness (QED) is 0.155. The van der Waals surface area contributed by atoms with Crippen LogP contribution in [0.4, 0.5) is 17.1 Å². The van der Waals surface area contributed by atoms with Gasteiger partial charge in [0, 0.05) is 57.4 Å². The zero-order chi connectivity index (χ0) is 40.3. The van der Waals surface area contributed by atoms with E-state index in [1.54, 1.807) is 0 Å². The van der Waals surface area contributed by atoms with Crippen molar-refractivity contribution < 1.29 is 0 Å². The summed E-state index contributed by atoms with van der Waals surface area (Å²) < 4.78 is 5.30. The molecule has 0 aliphatic heterocycles. The second-order valence-corrected chi connectivity index (χ2v) is 17.9. The summed E-state index contributed by atoms with van der Waals surface area (Å²) in [6, 6.07) is 82.5. The fourth-order valence-corrected chi connectivity index (χ4v) is 11.2. The van der Waals surface area contributed by atoms with Gasteiger partial charge < -0.3 is 4.90 Å². The van der Waals surface area contributed by atoms with E-state index in [4.69, 9.17) is 0 Å². The van der Waals surface area contributed by atoms with Gasteiger partial charge in [-0.2, -0.15) is 0 Å². The number of fused-ring (bicyclic) bond motifs is 7. The molecule has 3 heteroatoms. The monoisotopic (exact) mass is 811 g/mol. The molecule has 0 unspecified atom stereocenters. The van der Waals surface area contributed by atoms with Crippen molar-refractivity contribution in [3.8, 4) is 44.5 Å². The molecule has 0 N–H and O–H groups in total. The van der Waals surface area contributed by atoms with Gasteiger partial charge in [0.05, 0.1) is 0 Å². The molecule has 0 amide bonds. The summed E-state index contributed by atoms with van der Waals surface area (Å²) in [6.45, 7) is 0. The van der Waals surface area contributed by atoms with Crippen LogP contribution in [0.3, 0.4) is 0 Å². The number of thiophene rings is 2. The lowest BCUT2D eigenvalue weighted by Crippen LogP contribution is -2.10. The minimum absolute atomic E-state index is 1.10. The van der Waals surface area contributed by atoms with E-state index in [1.807, 2.05) is 22.7 Å². The molecule has 0 atom stereocenters. The first-order chi connectivity index (χ1) is 30.2. The second kappa shape index (κ2) is 14.8. The SMILES string of the molecule is c1cc(-c2cccc(N(c3ccc(-c4ccc5sc6ccccc6c5c4)cc3)c3ccc(-c4ccc5sc6ccccc6c5c4)cc3)c2)cc(-c2cccc3ccccc23)c1. The molecule has 10 aromatic carbocycles. The van der Waals surface area contributed by atoms with Crippen LogP contribution in [0.2, 0.25) is 0 Å². The molecule has 2 heterocycles. The van der Waals surface area contributed by atoms with Crippen LogP contribution < -0.4 is 4.90 Å². The molecule has 12 rings (SSSR count). The highest BCUT2D eigenvalue weighted by Crippen LogP contribution is 2.42. The maximum atomic E-state index is 2.39. The molecule has 0 spiro atoms. The third-order valence-corrected chi connectivity index (χ3v) is 14.4. The molecule has 0 aliphatic carbocycles. The van der Waals surface area contributed by atoms with Gasteiger partial charge in [0.15, 0.2) is 0 Å². The molecule has 0 radical (unpaired) electrons. The normalized spacial score (nSPS) is 11.6. The second-order valence-electron chi connectivity index (χ2n) is 15.7. The van der Waals surface area contributed by atoms with E-state index in [-0.39, 0.29) is 0 Å². The van der Waals surface area contributed by atoms with E-state index in [0.29, 0.717) is 0 Å². The first-order valence-electron chi connectivity index (χ1n) is 20.7. The van der Waals surface area contributed by atoms with Gasteiger partial charge in [-0.15, -0.1) is 22.7 Å². The fraction of sp³-hybridized carbons (Fsp3) is 0. The largest absolute Gasteiger partial charge is 0.310 e. The maximum Gasteiger partial charge on any atom is 0.0467 e. The molecule has 2 aromatic heterocycles. The van der Waals surface area contributed by atoms with Gasteiger partial charge in [-0.3, -0.25) is 0 Å². The molecule has 1 nitrogen and oxygen atoms in total. The average molecular weight is 812 g/mol. The van der Waals surface area contributed by atoms with Crippen LogP contribution in [0.25, 0.3) is 95.6 Å². The number of hydrogen-bond donors (Lipinski definition) is 0. The molecule has 0 bridgehead atoms. The summed E-state index contributed by atoms with van der Waals surface area (Å²) in [5.41, 5.74) is 13.0. The third-order valence-electron chi connectivity index (χ3n) is 12.1. The number of benzene rings is 10. The van der Waals surface area contributed by atoms with Crippen LogP contribution in [0.1, 0.15) is 0 Å². The molecular weight excluding hydrogens is 775 g/mol. The van der Waals surface area contributed by atoms with Crippen molar-refractivity contribution >= 4 is 90.9 Å². The summed E-state index contributed by atoms with van der Waals surface area (Å²) in [4.78, 5) is 2.39. The van der Waals surface area contributed by atoms with Crippen LogP contribution in [0, 0.1) is 0 Å². The molecular formula is C58H37NS2. The van der Waals surface area contributed by atoms with Gasteiger partial charge in [-0.1, -0.05) is 146 Å². The molecule has 0 aliphatic rings. The van der Waals surface area contributed by atoms with Crippen LogP contribution in [-0.4, -0.2) is 0 Å². The molecule has 0 saturated carbocycles. The van der Waals surface area contributed by atoms with Crippen molar-refractivity contribution in [1.82, 2.24) is 0 Å². The van der Waals surface area contributed by atoms with Crippen molar-refractivity contribution in [3.63, 3.8) is 0 Å². The van der Waals surface area contributed by atoms with Gasteiger partial charge in [-0.25, -0.2) is 0 Å². The van der Waals surface area contributed by atoms with Crippen molar-refractivity contribution in [3.05, 3.63) is 224 Å². The highest BCUT2D eigenvalue weighted by atomic mass is 32.1. The lowest BCUT2D eigenvalue weighted by atomic mass is 9.95. The standard InChI is InChI=1S/C58H37NS2/c1-2-16-49-40(10-1)11-9-19-50(49)45-14-7-12-41(34-45)42-13-8-15-48(35-42)59(46-28-22-38(23-29-46)43-26-32-57-53(36-43)51-17-3-5-20-55(51)60-57)47-30-24-39(25-31-47)44-27-33-58-54(37-44)52-18-4-6-21-56(52)61-58/h1-37H. The summed E-state index contributed by atoms with van der Waals surface area (Å²) in [5.74, 6) is 0. The fourth-order valence-electron chi connectivity index (χ4n) is 9.03. The number of hydrogen-bond acceptors (Lipinski definition) is 3. The summed E-state index contributed by atoms with van der Waals surface area (Å²) in [7, 11) is 0. The number of nitrogens with zero attached hydrogens (tertiary/aromatic N) is 1. The molecule has 0 fully saturated rings. The van der Waals surface area contributed by atoms with Crippen molar-refractivity contribution in [1.29, 1.82) is 0 Å². The number of rotatable bonds is 7. The first-order valence-corrected chi connectivity index (χ1v) is 22.4. The van der Waals surface area contributed by atoms with Crippen LogP contribution in [0.15, 0.2) is 224 Å². The van der Waals surface area contributed by atoms with E-state index in [0.717, 1.165) is 17.1 Å². The first kappa shape index (κ1) is 35.6. The average Bonchev–Trinajstić information content (AvgIpc) is 3.90. The smallest absolute Gasteiger partial charge is 0.0467 e. The Hall–Kier alpha value is -7.30. The Balaban J connectivity index is 0.940. The van der Waals surface area contributed by atoms with E-state index < -0.39 is 0 Å². The minimum Gasteiger partial charge on any atom is -0.310 e. The Kier molecular flexibility index (Phi) is 8.62. The van der Waals surface area contributed by atoms with E-state index in [9.17, 15) is 0 Å². The molecule has 12 aromatic rings. The Labute approximate surface area is 362 Å². The maximum absolute atomic E-state index is 2.39. The highest BCUT2D eigenvalue weighted by Gasteiger charge is 2.16. The lowest BCUT2D eigenvalue weighted by molar-refractivity contribution is 1.28. The molecule has 286 valence electrons. The van der Waals surface area contributed by atoms with Gasteiger partial charge in [0.2, 0.25) is 0 Å². The van der Waals surface area contributed by atoms with Gasteiger partial charge in [-0.05, 0) is 134 Å². The predicted molar refractivity (Wildman–Crippen MR) is 266 cm³/mol. The van der Waals surface area contributed by atoms with Gasteiger partial charge >= 0.3 is 0 Å². The van der Waals surface area contributed by atoms with Crippen LogP contribution >= 0.6 is 22.7 Å². The van der Waals surface area contributed by atoms with Gasteiger partial charge in [0.25, 0.3) is 0 Å². The van der Waals surface area contributed by atoms with Crippen LogP contribution in [-0.2, 0) is 0 Å². The van der Waals surface area contributed by atoms with Crippen molar-refractivity contribution in [2.45, 2.75) is 0 Å². The molecule has 0 saturated heterocycles. The Morgan fingerprint density at radius 2 is 0.689 bits per heavy atom. The summed E-state index contributed by atoms with van der Waals surface area (Å²) in [5, 5.41) is 7.79. The summed E-state index contributed by atoms with van der Waals surface area (Å²) in [6.07, 6.45) is 0. The Morgan fingerprint density at radius 1 is 0.246 bits per heavy atom. The van der Waals surface area contributed by atoms with Crippen molar-refractivity contribution in [2.75, 3.05) is 4.90 Å². The van der Waals surface area contributed by atoms with Crippen molar-refractivity contribution in [2.24, 2.45) is 0 Å². The predicted octanol–water partition coefficient (Wildman–Crippen LogP) is 17.7. The Morgan fingerprint density at radius 3 is 1.31 bits per heavy atom. The topological polar surface area (TPSA) is 3.24 Å². The minimum atomic E-state index is 1.10. The zero-order valence-electron chi connectivity index (χ0n) is 33.1. The van der Waals surface area contributed by atoms with E-state index >= 15 is 0 Å². The number of anilines is 3. The van der Waals surface area contributed by atoms with Crippen LogP contribution in [0.5, 0.6) is 0 Å². The Bertz CT molecular complexity index is 3430. The third kappa shape index (κ3) is 6.38. The van der Waals surface area contributed by atoms with Gasteiger partial charge in [0.1, 0.15) is 0 Å². The lowest BCUT2D eigenvalue weighted by Gasteiger charge is -2.26. The highest BCUT2D eigenvalue weighted by molar-refractivity contribution is 7.26. The zero-order valence-corrected chi connectivity index (χ0v) is 34.8. The molecule has 61 heavy (non-hydrogen) atoms. The van der Waals surface area contributed by atoms with E-state index in [1.165, 1.54) is 95.6 Å².